The van der Waals surface area contributed by atoms with E-state index in [2.05, 4.69) is 31.2 Å². The quantitative estimate of drug-likeness (QED) is 0.676. The van der Waals surface area contributed by atoms with Gasteiger partial charge in [0.2, 0.25) is 0 Å². The minimum Gasteiger partial charge on any atom is -0.286 e. The van der Waals surface area contributed by atoms with Gasteiger partial charge in [0.05, 0.1) is 5.69 Å². The lowest BCUT2D eigenvalue weighted by Gasteiger charge is -2.09. The fourth-order valence-corrected chi connectivity index (χ4v) is 2.99. The second-order valence-electron chi connectivity index (χ2n) is 4.60. The third-order valence-corrected chi connectivity index (χ3v) is 4.16. The first-order valence-electron chi connectivity index (χ1n) is 6.23. The summed E-state index contributed by atoms with van der Waals surface area (Å²) < 4.78 is 1.94. The van der Waals surface area contributed by atoms with Crippen molar-refractivity contribution in [2.75, 3.05) is 0 Å². The molecule has 2 nitrogen and oxygen atoms in total. The van der Waals surface area contributed by atoms with Gasteiger partial charge in [-0.3, -0.25) is 9.98 Å². The summed E-state index contributed by atoms with van der Waals surface area (Å²) in [6.07, 6.45) is 0. The van der Waals surface area contributed by atoms with Crippen LogP contribution in [-0.4, -0.2) is 4.57 Å². The Kier molecular flexibility index (Phi) is 4.88. The smallest absolute Gasteiger partial charge is 0.187 e. The molecule has 1 N–H and O–H groups in total. The molecule has 0 saturated heterocycles. The zero-order valence-electron chi connectivity index (χ0n) is 11.3. The van der Waals surface area contributed by atoms with E-state index in [9.17, 15) is 0 Å². The van der Waals surface area contributed by atoms with Crippen LogP contribution in [0.15, 0.2) is 53.9 Å². The molecule has 0 radical (unpaired) electrons. The van der Waals surface area contributed by atoms with Crippen LogP contribution in [0.4, 0.5) is 0 Å². The molecule has 0 aliphatic heterocycles. The van der Waals surface area contributed by atoms with Crippen molar-refractivity contribution in [1.82, 2.24) is 4.57 Å². The maximum absolute atomic E-state index is 8.12. The average Bonchev–Trinajstić information content (AvgIpc) is 2.83. The number of aromatic nitrogens is 1. The highest BCUT2D eigenvalue weighted by molar-refractivity contribution is 7.07. The number of nitrogens with one attached hydrogen (secondary N) is 1. The van der Waals surface area contributed by atoms with Crippen LogP contribution >= 0.6 is 35.3 Å². The Morgan fingerprint density at radius 2 is 1.62 bits per heavy atom. The number of aryl methyl sites for hydroxylation is 1. The molecule has 5 heteroatoms. The molecule has 0 saturated carbocycles. The van der Waals surface area contributed by atoms with Crippen LogP contribution in [0.1, 0.15) is 5.56 Å². The highest BCUT2D eigenvalue weighted by Gasteiger charge is 2.09. The van der Waals surface area contributed by atoms with Gasteiger partial charge in [-0.1, -0.05) is 41.4 Å². The largest absolute Gasteiger partial charge is 0.286 e. The Bertz CT molecular complexity index is 786. The molecule has 0 atom stereocenters. The molecular formula is C16H14Cl2N2S. The van der Waals surface area contributed by atoms with Gasteiger partial charge in [0.1, 0.15) is 0 Å². The van der Waals surface area contributed by atoms with Gasteiger partial charge < -0.3 is 0 Å². The molecule has 3 aromatic rings. The molecule has 0 bridgehead atoms. The second-order valence-corrected chi connectivity index (χ2v) is 5.90. The fraction of sp³-hybridized carbons (Fsp3) is 0.0625. The molecule has 2 aromatic carbocycles. The summed E-state index contributed by atoms with van der Waals surface area (Å²) in [5.41, 5.74) is 4.33. The van der Waals surface area contributed by atoms with Gasteiger partial charge in [0.25, 0.3) is 0 Å². The van der Waals surface area contributed by atoms with Crippen molar-refractivity contribution in [3.05, 3.63) is 69.3 Å². The minimum atomic E-state index is 0. The van der Waals surface area contributed by atoms with Crippen LogP contribution in [0.5, 0.6) is 0 Å². The van der Waals surface area contributed by atoms with Crippen molar-refractivity contribution in [1.29, 1.82) is 5.41 Å². The van der Waals surface area contributed by atoms with E-state index in [0.29, 0.717) is 9.82 Å². The number of hydrogen-bond donors (Lipinski definition) is 1. The number of hydrogen-bond acceptors (Lipinski definition) is 2. The van der Waals surface area contributed by atoms with Crippen molar-refractivity contribution in [3.8, 4) is 16.9 Å². The molecular weight excluding hydrogens is 323 g/mol. The molecule has 0 fully saturated rings. The zero-order chi connectivity index (χ0) is 14.1. The molecule has 1 aromatic heterocycles. The maximum atomic E-state index is 8.12. The van der Waals surface area contributed by atoms with E-state index in [4.69, 9.17) is 17.0 Å². The van der Waals surface area contributed by atoms with Crippen LogP contribution < -0.4 is 4.80 Å². The summed E-state index contributed by atoms with van der Waals surface area (Å²) in [4.78, 5) is 0.503. The number of rotatable bonds is 2. The van der Waals surface area contributed by atoms with E-state index < -0.39 is 0 Å². The van der Waals surface area contributed by atoms with Crippen LogP contribution in [0.25, 0.3) is 16.9 Å². The monoisotopic (exact) mass is 336 g/mol. The zero-order valence-corrected chi connectivity index (χ0v) is 13.7. The first-order chi connectivity index (χ1) is 9.65. The highest BCUT2D eigenvalue weighted by atomic mass is 35.5. The lowest BCUT2D eigenvalue weighted by atomic mass is 10.1. The Morgan fingerprint density at radius 1 is 1.00 bits per heavy atom. The van der Waals surface area contributed by atoms with E-state index in [1.54, 1.807) is 0 Å². The molecule has 3 rings (SSSR count). The average molecular weight is 337 g/mol. The normalized spacial score (nSPS) is 10.2. The van der Waals surface area contributed by atoms with Crippen LogP contribution in [0.3, 0.4) is 0 Å². The van der Waals surface area contributed by atoms with Crippen molar-refractivity contribution in [2.24, 2.45) is 0 Å². The van der Waals surface area contributed by atoms with E-state index in [-0.39, 0.29) is 12.4 Å². The van der Waals surface area contributed by atoms with Crippen molar-refractivity contribution in [3.63, 3.8) is 0 Å². The molecule has 108 valence electrons. The topological polar surface area (TPSA) is 28.8 Å². The van der Waals surface area contributed by atoms with E-state index in [1.165, 1.54) is 16.9 Å². The van der Waals surface area contributed by atoms with Gasteiger partial charge in [-0.05, 0) is 36.8 Å². The molecule has 0 amide bonds. The molecule has 0 spiro atoms. The van der Waals surface area contributed by atoms with Crippen LogP contribution in [0.2, 0.25) is 5.02 Å². The number of halogens is 2. The minimum absolute atomic E-state index is 0. The summed E-state index contributed by atoms with van der Waals surface area (Å²) in [7, 11) is 0. The van der Waals surface area contributed by atoms with Crippen LogP contribution in [-0.2, 0) is 0 Å². The Morgan fingerprint density at radius 3 is 2.24 bits per heavy atom. The maximum Gasteiger partial charge on any atom is 0.187 e. The van der Waals surface area contributed by atoms with Gasteiger partial charge in [-0.25, -0.2) is 0 Å². The van der Waals surface area contributed by atoms with Crippen molar-refractivity contribution in [2.45, 2.75) is 6.92 Å². The second kappa shape index (κ2) is 6.48. The predicted molar refractivity (Wildman–Crippen MR) is 91.9 cm³/mol. The van der Waals surface area contributed by atoms with E-state index in [1.807, 2.05) is 34.2 Å². The van der Waals surface area contributed by atoms with Crippen molar-refractivity contribution < 1.29 is 0 Å². The van der Waals surface area contributed by atoms with E-state index >= 15 is 0 Å². The van der Waals surface area contributed by atoms with Crippen LogP contribution in [0, 0.1) is 12.3 Å². The molecule has 1 heterocycles. The first-order valence-corrected chi connectivity index (χ1v) is 7.49. The Hall–Kier alpha value is -1.55. The predicted octanol–water partition coefficient (Wildman–Crippen LogP) is 5.07. The summed E-state index contributed by atoms with van der Waals surface area (Å²) >= 11 is 7.36. The standard InChI is InChI=1S/C16H13ClN2S.ClH/c1-11-2-4-12(5-3-11)15-10-20-16(18)19(15)14-8-6-13(17)7-9-14;/h2-10,18H,1H3;1H. The highest BCUT2D eigenvalue weighted by Crippen LogP contribution is 2.24. The number of benzene rings is 2. The van der Waals surface area contributed by atoms with Gasteiger partial charge in [0.15, 0.2) is 4.80 Å². The number of nitrogens with zero attached hydrogens (tertiary/aromatic N) is 1. The molecule has 0 aliphatic carbocycles. The number of thiazole rings is 1. The molecule has 21 heavy (non-hydrogen) atoms. The summed E-state index contributed by atoms with van der Waals surface area (Å²) in [6.45, 7) is 2.07. The summed E-state index contributed by atoms with van der Waals surface area (Å²) in [5.74, 6) is 0. The third-order valence-electron chi connectivity index (χ3n) is 3.16. The third kappa shape index (κ3) is 3.21. The summed E-state index contributed by atoms with van der Waals surface area (Å²) in [5, 5.41) is 10.8. The first kappa shape index (κ1) is 15.8. The Balaban J connectivity index is 0.00000161. The van der Waals surface area contributed by atoms with Gasteiger partial charge in [0, 0.05) is 16.1 Å². The fourth-order valence-electron chi connectivity index (χ4n) is 2.09. The van der Waals surface area contributed by atoms with Gasteiger partial charge >= 0.3 is 0 Å². The Labute approximate surface area is 138 Å². The summed E-state index contributed by atoms with van der Waals surface area (Å²) in [6, 6.07) is 15.9. The van der Waals surface area contributed by atoms with Crippen molar-refractivity contribution >= 4 is 35.3 Å². The lowest BCUT2D eigenvalue weighted by Crippen LogP contribution is -2.11. The lowest BCUT2D eigenvalue weighted by molar-refractivity contribution is 0.987. The van der Waals surface area contributed by atoms with Gasteiger partial charge in [-0.15, -0.1) is 23.7 Å². The van der Waals surface area contributed by atoms with Gasteiger partial charge in [-0.2, -0.15) is 0 Å². The molecule has 0 unspecified atom stereocenters. The van der Waals surface area contributed by atoms with E-state index in [0.717, 1.165) is 16.9 Å². The molecule has 0 aliphatic rings. The SMILES string of the molecule is Cc1ccc(-c2csc(=N)n2-c2ccc(Cl)cc2)cc1.Cl.